The lowest BCUT2D eigenvalue weighted by molar-refractivity contribution is -0.142. The van der Waals surface area contributed by atoms with E-state index in [2.05, 4.69) is 23.2 Å². The highest BCUT2D eigenvalue weighted by Crippen LogP contribution is 2.26. The number of esters is 1. The lowest BCUT2D eigenvalue weighted by Gasteiger charge is -2.21. The van der Waals surface area contributed by atoms with Crippen LogP contribution in [0.1, 0.15) is 24.7 Å². The Hall–Kier alpha value is -2.10. The SMILES string of the molecule is Cc1ccc2c(c1)nc(C)n2C1=CC(=O)OC(C)C1. The Kier molecular flexibility index (Phi) is 2.66. The molecule has 0 aliphatic carbocycles. The number of benzene rings is 1. The molecule has 0 saturated carbocycles. The topological polar surface area (TPSA) is 44.1 Å². The molecule has 4 nitrogen and oxygen atoms in total. The molecule has 1 aromatic carbocycles. The molecule has 98 valence electrons. The van der Waals surface area contributed by atoms with Gasteiger partial charge in [-0.3, -0.25) is 4.57 Å². The van der Waals surface area contributed by atoms with Crippen LogP contribution in [0, 0.1) is 13.8 Å². The Morgan fingerprint density at radius 1 is 1.37 bits per heavy atom. The Morgan fingerprint density at radius 3 is 2.89 bits per heavy atom. The molecular weight excluding hydrogens is 240 g/mol. The van der Waals surface area contributed by atoms with E-state index in [9.17, 15) is 4.79 Å². The van der Waals surface area contributed by atoms with Crippen molar-refractivity contribution in [2.75, 3.05) is 0 Å². The normalized spacial score (nSPS) is 19.4. The third-order valence-electron chi connectivity index (χ3n) is 3.36. The van der Waals surface area contributed by atoms with Gasteiger partial charge in [0.05, 0.1) is 11.0 Å². The maximum Gasteiger partial charge on any atom is 0.332 e. The first-order valence-corrected chi connectivity index (χ1v) is 6.42. The highest BCUT2D eigenvalue weighted by Gasteiger charge is 2.21. The number of rotatable bonds is 1. The van der Waals surface area contributed by atoms with Crippen LogP contribution in [0.4, 0.5) is 0 Å². The minimum Gasteiger partial charge on any atom is -0.459 e. The lowest BCUT2D eigenvalue weighted by atomic mass is 10.1. The Morgan fingerprint density at radius 2 is 2.16 bits per heavy atom. The van der Waals surface area contributed by atoms with Crippen molar-refractivity contribution in [3.63, 3.8) is 0 Å². The number of carbonyl (C=O) groups is 1. The van der Waals surface area contributed by atoms with Crippen LogP contribution in [0.5, 0.6) is 0 Å². The number of aromatic nitrogens is 2. The Bertz CT molecular complexity index is 697. The van der Waals surface area contributed by atoms with Gasteiger partial charge in [-0.2, -0.15) is 0 Å². The van der Waals surface area contributed by atoms with E-state index >= 15 is 0 Å². The van der Waals surface area contributed by atoms with Crippen LogP contribution >= 0.6 is 0 Å². The molecule has 1 atom stereocenters. The van der Waals surface area contributed by atoms with Crippen molar-refractivity contribution in [1.82, 2.24) is 9.55 Å². The first-order valence-electron chi connectivity index (χ1n) is 6.42. The van der Waals surface area contributed by atoms with Crippen LogP contribution in [-0.2, 0) is 9.53 Å². The van der Waals surface area contributed by atoms with Gasteiger partial charge in [0.2, 0.25) is 0 Å². The molecule has 0 fully saturated rings. The van der Waals surface area contributed by atoms with Crippen molar-refractivity contribution in [3.05, 3.63) is 35.7 Å². The largest absolute Gasteiger partial charge is 0.459 e. The monoisotopic (exact) mass is 256 g/mol. The smallest absolute Gasteiger partial charge is 0.332 e. The molecule has 0 saturated heterocycles. The van der Waals surface area contributed by atoms with E-state index in [0.717, 1.165) is 22.6 Å². The number of carbonyl (C=O) groups excluding carboxylic acids is 1. The molecule has 0 bridgehead atoms. The van der Waals surface area contributed by atoms with Gasteiger partial charge in [-0.25, -0.2) is 9.78 Å². The van der Waals surface area contributed by atoms with E-state index in [1.54, 1.807) is 6.08 Å². The van der Waals surface area contributed by atoms with Crippen LogP contribution in [0.15, 0.2) is 24.3 Å². The maximum atomic E-state index is 11.5. The van der Waals surface area contributed by atoms with Gasteiger partial charge in [-0.1, -0.05) is 6.07 Å². The fraction of sp³-hybridized carbons (Fsp3) is 0.333. The van der Waals surface area contributed by atoms with Crippen molar-refractivity contribution in [2.24, 2.45) is 0 Å². The second kappa shape index (κ2) is 4.23. The molecule has 1 unspecified atom stereocenters. The molecule has 0 spiro atoms. The number of hydrogen-bond acceptors (Lipinski definition) is 3. The number of fused-ring (bicyclic) bond motifs is 1. The zero-order valence-electron chi connectivity index (χ0n) is 11.3. The van der Waals surface area contributed by atoms with E-state index in [-0.39, 0.29) is 12.1 Å². The van der Waals surface area contributed by atoms with Crippen molar-refractivity contribution in [2.45, 2.75) is 33.3 Å². The summed E-state index contributed by atoms with van der Waals surface area (Å²) in [5.41, 5.74) is 4.14. The highest BCUT2D eigenvalue weighted by atomic mass is 16.5. The molecule has 1 aliphatic rings. The number of ether oxygens (including phenoxy) is 1. The summed E-state index contributed by atoms with van der Waals surface area (Å²) >= 11 is 0. The van der Waals surface area contributed by atoms with E-state index < -0.39 is 0 Å². The summed E-state index contributed by atoms with van der Waals surface area (Å²) in [6.45, 7) is 5.91. The van der Waals surface area contributed by atoms with Crippen molar-refractivity contribution in [3.8, 4) is 0 Å². The second-order valence-electron chi connectivity index (χ2n) is 5.07. The number of nitrogens with zero attached hydrogens (tertiary/aromatic N) is 2. The fourth-order valence-corrected chi connectivity index (χ4v) is 2.59. The van der Waals surface area contributed by atoms with E-state index in [4.69, 9.17) is 4.74 Å². The standard InChI is InChI=1S/C15H16N2O2/c1-9-4-5-14-13(6-9)16-11(3)17(14)12-7-10(2)19-15(18)8-12/h4-6,8,10H,7H2,1-3H3. The highest BCUT2D eigenvalue weighted by molar-refractivity contribution is 5.92. The van der Waals surface area contributed by atoms with Gasteiger partial charge in [-0.15, -0.1) is 0 Å². The first-order chi connectivity index (χ1) is 9.04. The van der Waals surface area contributed by atoms with Crippen LogP contribution in [0.3, 0.4) is 0 Å². The first kappa shape index (κ1) is 12.0. The Labute approximate surface area is 111 Å². The number of cyclic esters (lactones) is 1. The zero-order chi connectivity index (χ0) is 13.6. The molecule has 0 amide bonds. The minimum atomic E-state index is -0.276. The summed E-state index contributed by atoms with van der Waals surface area (Å²) in [5.74, 6) is 0.621. The minimum absolute atomic E-state index is 0.0881. The van der Waals surface area contributed by atoms with Crippen LogP contribution in [0.25, 0.3) is 16.7 Å². The Balaban J connectivity index is 2.20. The summed E-state index contributed by atoms with van der Waals surface area (Å²) in [7, 11) is 0. The predicted octanol–water partition coefficient (Wildman–Crippen LogP) is 2.83. The molecule has 19 heavy (non-hydrogen) atoms. The van der Waals surface area contributed by atoms with Gasteiger partial charge in [-0.05, 0) is 38.5 Å². The van der Waals surface area contributed by atoms with Crippen LogP contribution in [0.2, 0.25) is 0 Å². The van der Waals surface area contributed by atoms with Crippen molar-refractivity contribution >= 4 is 22.7 Å². The van der Waals surface area contributed by atoms with E-state index in [0.29, 0.717) is 6.42 Å². The zero-order valence-corrected chi connectivity index (χ0v) is 11.3. The van der Waals surface area contributed by atoms with Crippen molar-refractivity contribution in [1.29, 1.82) is 0 Å². The summed E-state index contributed by atoms with van der Waals surface area (Å²) in [5, 5.41) is 0. The van der Waals surface area contributed by atoms with Gasteiger partial charge in [0.25, 0.3) is 0 Å². The molecular formula is C15H16N2O2. The maximum absolute atomic E-state index is 11.5. The summed E-state index contributed by atoms with van der Waals surface area (Å²) in [6, 6.07) is 6.17. The molecule has 2 heterocycles. The van der Waals surface area contributed by atoms with Gasteiger partial charge in [0.1, 0.15) is 11.9 Å². The average Bonchev–Trinajstić information content (AvgIpc) is 2.62. The second-order valence-corrected chi connectivity index (χ2v) is 5.07. The molecule has 1 aliphatic heterocycles. The molecule has 3 rings (SSSR count). The summed E-state index contributed by atoms with van der Waals surface area (Å²) in [4.78, 5) is 16.1. The number of aryl methyl sites for hydroxylation is 2. The number of hydrogen-bond donors (Lipinski definition) is 0. The predicted molar refractivity (Wildman–Crippen MR) is 73.7 cm³/mol. The fourth-order valence-electron chi connectivity index (χ4n) is 2.59. The van der Waals surface area contributed by atoms with Crippen LogP contribution in [-0.4, -0.2) is 21.6 Å². The molecule has 1 aromatic heterocycles. The summed E-state index contributed by atoms with van der Waals surface area (Å²) < 4.78 is 7.18. The van der Waals surface area contributed by atoms with Crippen LogP contribution < -0.4 is 0 Å². The lowest BCUT2D eigenvalue weighted by Crippen LogP contribution is -2.21. The third kappa shape index (κ3) is 2.03. The van der Waals surface area contributed by atoms with Crippen molar-refractivity contribution < 1.29 is 9.53 Å². The van der Waals surface area contributed by atoms with Gasteiger partial charge in [0.15, 0.2) is 0 Å². The van der Waals surface area contributed by atoms with E-state index in [1.165, 1.54) is 5.56 Å². The molecule has 0 radical (unpaired) electrons. The molecule has 2 aromatic rings. The van der Waals surface area contributed by atoms with Gasteiger partial charge in [0, 0.05) is 18.2 Å². The third-order valence-corrected chi connectivity index (χ3v) is 3.36. The average molecular weight is 256 g/mol. The van der Waals surface area contributed by atoms with Gasteiger partial charge < -0.3 is 4.74 Å². The van der Waals surface area contributed by atoms with E-state index in [1.807, 2.05) is 25.3 Å². The number of imidazole rings is 1. The summed E-state index contributed by atoms with van der Waals surface area (Å²) in [6.07, 6.45) is 2.19. The quantitative estimate of drug-likeness (QED) is 0.737. The van der Waals surface area contributed by atoms with Gasteiger partial charge >= 0.3 is 5.97 Å². The molecule has 4 heteroatoms. The molecule has 0 N–H and O–H groups in total.